The van der Waals surface area contributed by atoms with E-state index >= 15 is 0 Å². The second-order valence-electron chi connectivity index (χ2n) is 3.17. The summed E-state index contributed by atoms with van der Waals surface area (Å²) < 4.78 is 13.7. The number of phenols is 1. The van der Waals surface area contributed by atoms with Crippen LogP contribution in [0, 0.1) is 5.82 Å². The van der Waals surface area contributed by atoms with Crippen LogP contribution >= 0.6 is 15.9 Å². The molecule has 0 unspecified atom stereocenters. The molecule has 0 bridgehead atoms. The molecule has 1 N–H and O–H groups in total. The van der Waals surface area contributed by atoms with E-state index < -0.39 is 5.82 Å². The molecule has 0 spiro atoms. The van der Waals surface area contributed by atoms with Gasteiger partial charge in [0.25, 0.3) is 0 Å². The van der Waals surface area contributed by atoms with E-state index in [-0.39, 0.29) is 5.75 Å². The molecule has 0 heterocycles. The Balaban J connectivity index is 2.49. The predicted molar refractivity (Wildman–Crippen MR) is 61.2 cm³/mol. The Labute approximate surface area is 95.3 Å². The molecule has 0 amide bonds. The zero-order valence-electron chi connectivity index (χ0n) is 7.74. The van der Waals surface area contributed by atoms with Gasteiger partial charge in [0.2, 0.25) is 0 Å². The van der Waals surface area contributed by atoms with Gasteiger partial charge < -0.3 is 5.11 Å². The number of halogens is 2. The fourth-order valence-corrected chi connectivity index (χ4v) is 1.64. The quantitative estimate of drug-likeness (QED) is 0.829. The van der Waals surface area contributed by atoms with Gasteiger partial charge in [0.05, 0.1) is 0 Å². The van der Waals surface area contributed by atoms with Gasteiger partial charge >= 0.3 is 0 Å². The summed E-state index contributed by atoms with van der Waals surface area (Å²) in [5.74, 6) is -0.481. The lowest BCUT2D eigenvalue weighted by Gasteiger charge is -2.04. The highest BCUT2D eigenvalue weighted by atomic mass is 79.9. The number of hydrogen-bond donors (Lipinski definition) is 1. The van der Waals surface area contributed by atoms with Crippen molar-refractivity contribution in [1.82, 2.24) is 0 Å². The number of rotatable bonds is 1. The van der Waals surface area contributed by atoms with E-state index in [9.17, 15) is 9.50 Å². The molecular formula is C12H8BrFO. The first-order valence-corrected chi connectivity index (χ1v) is 5.20. The monoisotopic (exact) mass is 266 g/mol. The zero-order chi connectivity index (χ0) is 10.8. The van der Waals surface area contributed by atoms with Crippen LogP contribution in [0.1, 0.15) is 0 Å². The van der Waals surface area contributed by atoms with E-state index in [1.165, 1.54) is 6.07 Å². The lowest BCUT2D eigenvalue weighted by molar-refractivity contribution is 0.471. The van der Waals surface area contributed by atoms with E-state index in [0.717, 1.165) is 16.1 Å². The van der Waals surface area contributed by atoms with Crippen LogP contribution in [0.4, 0.5) is 4.39 Å². The Morgan fingerprint density at radius 3 is 2.27 bits per heavy atom. The minimum atomic E-state index is -0.437. The van der Waals surface area contributed by atoms with E-state index in [0.29, 0.717) is 5.56 Å². The van der Waals surface area contributed by atoms with Gasteiger partial charge in [-0.2, -0.15) is 0 Å². The van der Waals surface area contributed by atoms with Gasteiger partial charge in [-0.25, -0.2) is 4.39 Å². The summed E-state index contributed by atoms with van der Waals surface area (Å²) >= 11 is 3.33. The highest BCUT2D eigenvalue weighted by Crippen LogP contribution is 2.30. The zero-order valence-corrected chi connectivity index (χ0v) is 9.33. The van der Waals surface area contributed by atoms with Crippen LogP contribution in [0.25, 0.3) is 11.1 Å². The van der Waals surface area contributed by atoms with Crippen LogP contribution in [0.3, 0.4) is 0 Å². The van der Waals surface area contributed by atoms with Crippen LogP contribution in [0.2, 0.25) is 0 Å². The molecular weight excluding hydrogens is 259 g/mol. The molecule has 0 aliphatic carbocycles. The summed E-state index contributed by atoms with van der Waals surface area (Å²) in [5.41, 5.74) is 1.49. The molecule has 0 saturated carbocycles. The average Bonchev–Trinajstić information content (AvgIpc) is 2.20. The number of hydrogen-bond acceptors (Lipinski definition) is 1. The largest absolute Gasteiger partial charge is 0.507 e. The van der Waals surface area contributed by atoms with Crippen molar-refractivity contribution in [3.63, 3.8) is 0 Å². The molecule has 15 heavy (non-hydrogen) atoms. The molecule has 76 valence electrons. The summed E-state index contributed by atoms with van der Waals surface area (Å²) in [4.78, 5) is 0. The number of phenolic OH excluding ortho intramolecular Hbond substituents is 1. The molecule has 1 nitrogen and oxygen atoms in total. The first-order valence-electron chi connectivity index (χ1n) is 4.41. The fraction of sp³-hybridized carbons (Fsp3) is 0. The number of aromatic hydroxyl groups is 1. The van der Waals surface area contributed by atoms with Crippen molar-refractivity contribution in [3.8, 4) is 16.9 Å². The smallest absolute Gasteiger partial charge is 0.126 e. The molecule has 0 aromatic heterocycles. The summed E-state index contributed by atoms with van der Waals surface area (Å²) in [6, 6.07) is 11.5. The normalized spacial score (nSPS) is 10.3. The Hall–Kier alpha value is -1.35. The molecule has 2 aromatic rings. The first-order chi connectivity index (χ1) is 7.16. The first kappa shape index (κ1) is 10.2. The topological polar surface area (TPSA) is 20.2 Å². The number of benzene rings is 2. The third-order valence-corrected chi connectivity index (χ3v) is 2.64. The highest BCUT2D eigenvalue weighted by molar-refractivity contribution is 9.10. The summed E-state index contributed by atoms with van der Waals surface area (Å²) in [6.45, 7) is 0. The van der Waals surface area contributed by atoms with Gasteiger partial charge in [0.15, 0.2) is 0 Å². The third-order valence-electron chi connectivity index (χ3n) is 2.12. The van der Waals surface area contributed by atoms with Crippen molar-refractivity contribution in [1.29, 1.82) is 0 Å². The average molecular weight is 267 g/mol. The summed E-state index contributed by atoms with van der Waals surface area (Å²) in [6.07, 6.45) is 0. The van der Waals surface area contributed by atoms with Crippen LogP contribution in [0.5, 0.6) is 5.75 Å². The molecule has 2 rings (SSSR count). The van der Waals surface area contributed by atoms with E-state index in [1.54, 1.807) is 6.07 Å². The molecule has 0 radical (unpaired) electrons. The minimum absolute atomic E-state index is 0.0441. The minimum Gasteiger partial charge on any atom is -0.507 e. The lowest BCUT2D eigenvalue weighted by Crippen LogP contribution is -1.80. The van der Waals surface area contributed by atoms with Gasteiger partial charge in [0.1, 0.15) is 11.6 Å². The van der Waals surface area contributed by atoms with Gasteiger partial charge in [-0.1, -0.05) is 28.1 Å². The lowest BCUT2D eigenvalue weighted by atomic mass is 10.1. The van der Waals surface area contributed by atoms with E-state index in [1.807, 2.05) is 24.3 Å². The molecule has 0 atom stereocenters. The maximum atomic E-state index is 12.8. The second-order valence-corrected chi connectivity index (χ2v) is 4.08. The predicted octanol–water partition coefficient (Wildman–Crippen LogP) is 3.96. The Morgan fingerprint density at radius 1 is 1.00 bits per heavy atom. The Kier molecular flexibility index (Phi) is 2.73. The summed E-state index contributed by atoms with van der Waals surface area (Å²) in [5, 5.41) is 9.56. The molecule has 0 aliphatic heterocycles. The van der Waals surface area contributed by atoms with Crippen molar-refractivity contribution in [3.05, 3.63) is 52.8 Å². The van der Waals surface area contributed by atoms with E-state index in [2.05, 4.69) is 15.9 Å². The SMILES string of the molecule is Oc1cc(F)ccc1-c1ccc(Br)cc1. The van der Waals surface area contributed by atoms with Crippen molar-refractivity contribution < 1.29 is 9.50 Å². The third kappa shape index (κ3) is 2.18. The van der Waals surface area contributed by atoms with Gasteiger partial charge in [-0.3, -0.25) is 0 Å². The standard InChI is InChI=1S/C12H8BrFO/c13-9-3-1-8(2-4-9)11-6-5-10(14)7-12(11)15/h1-7,15H. The molecule has 2 aromatic carbocycles. The van der Waals surface area contributed by atoms with Crippen molar-refractivity contribution >= 4 is 15.9 Å². The van der Waals surface area contributed by atoms with Crippen molar-refractivity contribution in [2.45, 2.75) is 0 Å². The maximum Gasteiger partial charge on any atom is 0.126 e. The van der Waals surface area contributed by atoms with Crippen LogP contribution < -0.4 is 0 Å². The molecule has 0 fully saturated rings. The van der Waals surface area contributed by atoms with Gasteiger partial charge in [-0.15, -0.1) is 0 Å². The van der Waals surface area contributed by atoms with Crippen molar-refractivity contribution in [2.75, 3.05) is 0 Å². The molecule has 0 saturated heterocycles. The van der Waals surface area contributed by atoms with Gasteiger partial charge in [-0.05, 0) is 29.8 Å². The maximum absolute atomic E-state index is 12.8. The van der Waals surface area contributed by atoms with Crippen LogP contribution in [-0.4, -0.2) is 5.11 Å². The fourth-order valence-electron chi connectivity index (χ4n) is 1.38. The molecule has 3 heteroatoms. The summed E-state index contributed by atoms with van der Waals surface area (Å²) in [7, 11) is 0. The van der Waals surface area contributed by atoms with E-state index in [4.69, 9.17) is 0 Å². The second kappa shape index (κ2) is 4.03. The van der Waals surface area contributed by atoms with Gasteiger partial charge in [0, 0.05) is 16.1 Å². The molecule has 0 aliphatic rings. The highest BCUT2D eigenvalue weighted by Gasteiger charge is 2.04. The Bertz CT molecular complexity index is 479. The Morgan fingerprint density at radius 2 is 1.67 bits per heavy atom. The van der Waals surface area contributed by atoms with Crippen LogP contribution in [0.15, 0.2) is 46.9 Å². The van der Waals surface area contributed by atoms with Crippen LogP contribution in [-0.2, 0) is 0 Å². The van der Waals surface area contributed by atoms with Crippen molar-refractivity contribution in [2.24, 2.45) is 0 Å².